The van der Waals surface area contributed by atoms with Crippen molar-refractivity contribution < 1.29 is 5.11 Å². The summed E-state index contributed by atoms with van der Waals surface area (Å²) < 4.78 is 0. The normalized spacial score (nSPS) is 26.5. The molecular formula is C9H11N3O2. The molecule has 0 saturated carbocycles. The van der Waals surface area contributed by atoms with E-state index in [1.807, 2.05) is 12.1 Å². The van der Waals surface area contributed by atoms with Crippen LogP contribution >= 0.6 is 0 Å². The molecule has 5 nitrogen and oxygen atoms in total. The third kappa shape index (κ3) is 1.58. The molecule has 74 valence electrons. The van der Waals surface area contributed by atoms with Crippen LogP contribution in [-0.4, -0.2) is 27.7 Å². The van der Waals surface area contributed by atoms with Crippen LogP contribution in [0.3, 0.4) is 0 Å². The van der Waals surface area contributed by atoms with Crippen LogP contribution in [0.1, 0.15) is 18.0 Å². The molecule has 14 heavy (non-hydrogen) atoms. The van der Waals surface area contributed by atoms with E-state index in [2.05, 4.69) is 10.3 Å². The van der Waals surface area contributed by atoms with Gasteiger partial charge in [-0.1, -0.05) is 6.07 Å². The molecule has 0 amide bonds. The first-order valence-electron chi connectivity index (χ1n) is 4.49. The lowest BCUT2D eigenvalue weighted by Crippen LogP contribution is -2.17. The SMILES string of the molecule is O=NN1CC(O)CC1c1cccnc1. The highest BCUT2D eigenvalue weighted by Crippen LogP contribution is 2.31. The second kappa shape index (κ2) is 3.71. The van der Waals surface area contributed by atoms with Gasteiger partial charge in [0.15, 0.2) is 0 Å². The molecule has 0 bridgehead atoms. The van der Waals surface area contributed by atoms with E-state index in [0.29, 0.717) is 13.0 Å². The molecule has 5 heteroatoms. The Kier molecular flexibility index (Phi) is 2.41. The molecule has 1 fully saturated rings. The largest absolute Gasteiger partial charge is 0.391 e. The Labute approximate surface area is 81.3 Å². The summed E-state index contributed by atoms with van der Waals surface area (Å²) >= 11 is 0. The molecule has 2 atom stereocenters. The van der Waals surface area contributed by atoms with Gasteiger partial charge in [0.25, 0.3) is 0 Å². The predicted molar refractivity (Wildman–Crippen MR) is 50.1 cm³/mol. The van der Waals surface area contributed by atoms with E-state index in [0.717, 1.165) is 5.56 Å². The van der Waals surface area contributed by atoms with Gasteiger partial charge in [-0.05, 0) is 11.6 Å². The van der Waals surface area contributed by atoms with Gasteiger partial charge in [-0.3, -0.25) is 9.99 Å². The van der Waals surface area contributed by atoms with Crippen molar-refractivity contribution in [3.63, 3.8) is 0 Å². The van der Waals surface area contributed by atoms with Gasteiger partial charge in [0, 0.05) is 18.8 Å². The molecule has 1 aliphatic rings. The number of pyridine rings is 1. The maximum Gasteiger partial charge on any atom is 0.0793 e. The number of nitroso groups, excluding NO2 is 1. The molecule has 0 aromatic carbocycles. The lowest BCUT2D eigenvalue weighted by molar-refractivity contribution is 0.176. The van der Waals surface area contributed by atoms with Crippen molar-refractivity contribution in [1.82, 2.24) is 9.99 Å². The van der Waals surface area contributed by atoms with Crippen LogP contribution in [0, 0.1) is 4.91 Å². The highest BCUT2D eigenvalue weighted by molar-refractivity contribution is 5.15. The minimum Gasteiger partial charge on any atom is -0.391 e. The zero-order valence-corrected chi connectivity index (χ0v) is 7.58. The van der Waals surface area contributed by atoms with E-state index >= 15 is 0 Å². The summed E-state index contributed by atoms with van der Waals surface area (Å²) in [5.74, 6) is 0. The van der Waals surface area contributed by atoms with E-state index in [1.165, 1.54) is 5.01 Å². The number of aliphatic hydroxyl groups is 1. The zero-order chi connectivity index (χ0) is 9.97. The Morgan fingerprint density at radius 3 is 3.14 bits per heavy atom. The van der Waals surface area contributed by atoms with Gasteiger partial charge in [-0.15, -0.1) is 4.91 Å². The molecule has 1 aliphatic heterocycles. The Morgan fingerprint density at radius 1 is 1.64 bits per heavy atom. The fourth-order valence-corrected chi connectivity index (χ4v) is 1.77. The van der Waals surface area contributed by atoms with Crippen LogP contribution in [0.5, 0.6) is 0 Å². The molecule has 2 rings (SSSR count). The maximum atomic E-state index is 10.5. The number of rotatable bonds is 2. The average molecular weight is 193 g/mol. The van der Waals surface area contributed by atoms with E-state index in [4.69, 9.17) is 0 Å². The van der Waals surface area contributed by atoms with Crippen molar-refractivity contribution in [2.75, 3.05) is 6.54 Å². The zero-order valence-electron chi connectivity index (χ0n) is 7.58. The molecule has 1 aromatic heterocycles. The van der Waals surface area contributed by atoms with Crippen LogP contribution < -0.4 is 0 Å². The van der Waals surface area contributed by atoms with E-state index in [-0.39, 0.29) is 6.04 Å². The minimum atomic E-state index is -0.474. The molecule has 0 radical (unpaired) electrons. The van der Waals surface area contributed by atoms with Crippen LogP contribution in [0.4, 0.5) is 0 Å². The van der Waals surface area contributed by atoms with Gasteiger partial charge in [0.1, 0.15) is 0 Å². The van der Waals surface area contributed by atoms with Gasteiger partial charge in [0.2, 0.25) is 0 Å². The predicted octanol–water partition coefficient (Wildman–Crippen LogP) is 0.871. The minimum absolute atomic E-state index is 0.129. The maximum absolute atomic E-state index is 10.5. The molecular weight excluding hydrogens is 182 g/mol. The highest BCUT2D eigenvalue weighted by atomic mass is 16.3. The van der Waals surface area contributed by atoms with Crippen molar-refractivity contribution in [2.24, 2.45) is 5.29 Å². The summed E-state index contributed by atoms with van der Waals surface area (Å²) in [7, 11) is 0. The smallest absolute Gasteiger partial charge is 0.0793 e. The number of β-amino-alcohol motifs (C(OH)–C–C–N with tert-alkyl or cyclic N) is 1. The fourth-order valence-electron chi connectivity index (χ4n) is 1.77. The Hall–Kier alpha value is -1.49. The van der Waals surface area contributed by atoms with Gasteiger partial charge in [0.05, 0.1) is 24.0 Å². The first-order valence-corrected chi connectivity index (χ1v) is 4.49. The van der Waals surface area contributed by atoms with E-state index < -0.39 is 6.10 Å². The summed E-state index contributed by atoms with van der Waals surface area (Å²) in [6, 6.07) is 3.56. The summed E-state index contributed by atoms with van der Waals surface area (Å²) in [6.45, 7) is 0.309. The third-order valence-corrected chi connectivity index (χ3v) is 2.43. The monoisotopic (exact) mass is 193 g/mol. The highest BCUT2D eigenvalue weighted by Gasteiger charge is 2.32. The van der Waals surface area contributed by atoms with Crippen molar-refractivity contribution in [2.45, 2.75) is 18.6 Å². The van der Waals surface area contributed by atoms with Gasteiger partial charge in [-0.25, -0.2) is 0 Å². The standard InChI is InChI=1S/C9H11N3O2/c13-8-4-9(12(6-8)11-14)7-2-1-3-10-5-7/h1-3,5,8-9,13H,4,6H2. The molecule has 1 aromatic rings. The van der Waals surface area contributed by atoms with Crippen LogP contribution in [0.15, 0.2) is 29.8 Å². The number of aromatic nitrogens is 1. The fraction of sp³-hybridized carbons (Fsp3) is 0.444. The van der Waals surface area contributed by atoms with Crippen LogP contribution in [0.25, 0.3) is 0 Å². The van der Waals surface area contributed by atoms with Crippen molar-refractivity contribution in [1.29, 1.82) is 0 Å². The first kappa shape index (κ1) is 9.08. The molecule has 2 heterocycles. The van der Waals surface area contributed by atoms with Gasteiger partial charge < -0.3 is 5.11 Å². The van der Waals surface area contributed by atoms with Crippen LogP contribution in [-0.2, 0) is 0 Å². The molecule has 1 N–H and O–H groups in total. The Morgan fingerprint density at radius 2 is 2.50 bits per heavy atom. The Bertz CT molecular complexity index is 317. The number of hydrogen-bond donors (Lipinski definition) is 1. The number of aliphatic hydroxyl groups excluding tert-OH is 1. The van der Waals surface area contributed by atoms with Crippen molar-refractivity contribution in [3.05, 3.63) is 35.0 Å². The second-order valence-electron chi connectivity index (χ2n) is 3.40. The van der Waals surface area contributed by atoms with E-state index in [1.54, 1.807) is 12.4 Å². The number of hydrogen-bond acceptors (Lipinski definition) is 4. The van der Waals surface area contributed by atoms with E-state index in [9.17, 15) is 10.0 Å². The lowest BCUT2D eigenvalue weighted by atomic mass is 10.1. The lowest BCUT2D eigenvalue weighted by Gasteiger charge is -2.16. The van der Waals surface area contributed by atoms with Crippen LogP contribution in [0.2, 0.25) is 0 Å². The summed E-state index contributed by atoms with van der Waals surface area (Å²) in [6.07, 6.45) is 3.43. The quantitative estimate of drug-likeness (QED) is 0.708. The summed E-state index contributed by atoms with van der Waals surface area (Å²) in [5, 5.41) is 13.7. The molecule has 0 spiro atoms. The molecule has 2 unspecified atom stereocenters. The topological polar surface area (TPSA) is 65.8 Å². The first-order chi connectivity index (χ1) is 6.81. The molecule has 1 saturated heterocycles. The second-order valence-corrected chi connectivity index (χ2v) is 3.40. The van der Waals surface area contributed by atoms with Crippen molar-refractivity contribution in [3.8, 4) is 0 Å². The Balaban J connectivity index is 2.22. The third-order valence-electron chi connectivity index (χ3n) is 2.43. The number of nitrogens with zero attached hydrogens (tertiary/aromatic N) is 3. The summed E-state index contributed by atoms with van der Waals surface area (Å²) in [5.41, 5.74) is 0.920. The van der Waals surface area contributed by atoms with Crippen molar-refractivity contribution >= 4 is 0 Å². The van der Waals surface area contributed by atoms with Gasteiger partial charge in [-0.2, -0.15) is 0 Å². The summed E-state index contributed by atoms with van der Waals surface area (Å²) in [4.78, 5) is 14.5. The van der Waals surface area contributed by atoms with Gasteiger partial charge >= 0.3 is 0 Å². The average Bonchev–Trinajstić information content (AvgIpc) is 2.61. The molecule has 0 aliphatic carbocycles.